The molecule has 2 aromatic carbocycles. The van der Waals surface area contributed by atoms with Gasteiger partial charge in [0.1, 0.15) is 11.4 Å². The van der Waals surface area contributed by atoms with Crippen LogP contribution in [-0.2, 0) is 5.41 Å². The lowest BCUT2D eigenvalue weighted by atomic mass is 9.86. The number of carbonyl (C=O) groups is 1. The zero-order valence-corrected chi connectivity index (χ0v) is 20.6. The first kappa shape index (κ1) is 21.9. The smallest absolute Gasteiger partial charge is 0.296 e. The van der Waals surface area contributed by atoms with Gasteiger partial charge in [-0.1, -0.05) is 72.6 Å². The number of pyridine rings is 1. The maximum Gasteiger partial charge on any atom is 0.296 e. The first-order valence-corrected chi connectivity index (χ1v) is 11.6. The van der Waals surface area contributed by atoms with Crippen LogP contribution in [0.4, 0.5) is 5.82 Å². The number of carbonyl (C=O) groups excluding carboxylic acids is 1. The van der Waals surface area contributed by atoms with E-state index in [0.29, 0.717) is 27.4 Å². The van der Waals surface area contributed by atoms with Crippen molar-refractivity contribution in [1.29, 1.82) is 0 Å². The van der Waals surface area contributed by atoms with E-state index in [-0.39, 0.29) is 16.6 Å². The van der Waals surface area contributed by atoms with E-state index in [4.69, 9.17) is 16.0 Å². The number of benzene rings is 2. The van der Waals surface area contributed by atoms with Crippen molar-refractivity contribution in [2.75, 3.05) is 4.90 Å². The Morgan fingerprint density at radius 2 is 1.76 bits per heavy atom. The molecule has 0 N–H and O–H groups in total. The van der Waals surface area contributed by atoms with Crippen LogP contribution in [0.2, 0.25) is 5.02 Å². The van der Waals surface area contributed by atoms with E-state index in [0.717, 1.165) is 15.6 Å². The fourth-order valence-corrected chi connectivity index (χ4v) is 4.65. The van der Waals surface area contributed by atoms with Gasteiger partial charge < -0.3 is 4.42 Å². The molecule has 4 aromatic rings. The van der Waals surface area contributed by atoms with Gasteiger partial charge in [0.25, 0.3) is 5.91 Å². The minimum atomic E-state index is -0.671. The molecule has 0 bridgehead atoms. The number of aromatic nitrogens is 1. The fourth-order valence-electron chi connectivity index (χ4n) is 4.17. The third-order valence-electron chi connectivity index (χ3n) is 5.88. The Hall–Kier alpha value is -2.96. The number of fused-ring (bicyclic) bond motifs is 2. The van der Waals surface area contributed by atoms with Crippen molar-refractivity contribution in [2.24, 2.45) is 0 Å². The highest BCUT2D eigenvalue weighted by atomic mass is 79.9. The summed E-state index contributed by atoms with van der Waals surface area (Å²) in [7, 11) is 0. The second-order valence-corrected chi connectivity index (χ2v) is 10.5. The first-order chi connectivity index (χ1) is 15.6. The second kappa shape index (κ2) is 7.82. The molecule has 166 valence electrons. The van der Waals surface area contributed by atoms with Crippen molar-refractivity contribution in [1.82, 2.24) is 4.98 Å². The summed E-state index contributed by atoms with van der Waals surface area (Å²) >= 11 is 9.45. The van der Waals surface area contributed by atoms with Crippen molar-refractivity contribution < 1.29 is 9.21 Å². The van der Waals surface area contributed by atoms with Crippen LogP contribution >= 0.6 is 27.5 Å². The summed E-state index contributed by atoms with van der Waals surface area (Å²) < 4.78 is 6.75. The van der Waals surface area contributed by atoms with Crippen LogP contribution in [0, 0.1) is 0 Å². The Balaban J connectivity index is 1.77. The van der Waals surface area contributed by atoms with E-state index in [1.54, 1.807) is 30.3 Å². The summed E-state index contributed by atoms with van der Waals surface area (Å²) in [5.41, 5.74) is 2.37. The van der Waals surface area contributed by atoms with Crippen molar-refractivity contribution in [3.05, 3.63) is 103 Å². The fraction of sp³-hybridized carbons (Fsp3) is 0.192. The van der Waals surface area contributed by atoms with Gasteiger partial charge in [-0.25, -0.2) is 4.98 Å². The molecule has 0 saturated heterocycles. The number of hydrogen-bond donors (Lipinski definition) is 0. The SMILES string of the molecule is CC(C)(C)c1ccc(C2c3c(oc4ccc(Br)cc4c3=O)C(=O)N2c2ccc(Cl)cn2)cc1. The van der Waals surface area contributed by atoms with Gasteiger partial charge in [0.2, 0.25) is 5.76 Å². The summed E-state index contributed by atoms with van der Waals surface area (Å²) in [5, 5.41) is 0.872. The predicted molar refractivity (Wildman–Crippen MR) is 133 cm³/mol. The third kappa shape index (κ3) is 3.67. The predicted octanol–water partition coefficient (Wildman–Crippen LogP) is 6.65. The summed E-state index contributed by atoms with van der Waals surface area (Å²) in [6.07, 6.45) is 1.48. The summed E-state index contributed by atoms with van der Waals surface area (Å²) in [4.78, 5) is 33.1. The Morgan fingerprint density at radius 1 is 1.03 bits per heavy atom. The van der Waals surface area contributed by atoms with Crippen LogP contribution < -0.4 is 10.3 Å². The lowest BCUT2D eigenvalue weighted by Crippen LogP contribution is -2.30. The molecule has 3 heterocycles. The summed E-state index contributed by atoms with van der Waals surface area (Å²) in [5.74, 6) is 0.0217. The standard InChI is InChI=1S/C26H20BrClN2O3/c1-26(2,3)15-6-4-14(5-7-15)22-21-23(31)18-12-16(27)8-10-19(18)33-24(21)25(32)30(22)20-11-9-17(28)13-29-20/h4-13,22H,1-3H3. The van der Waals surface area contributed by atoms with Crippen molar-refractivity contribution >= 4 is 50.2 Å². The van der Waals surface area contributed by atoms with E-state index >= 15 is 0 Å². The van der Waals surface area contributed by atoms with Gasteiger partial charge in [0, 0.05) is 10.7 Å². The molecule has 0 aliphatic carbocycles. The van der Waals surface area contributed by atoms with Crippen molar-refractivity contribution in [2.45, 2.75) is 32.2 Å². The van der Waals surface area contributed by atoms with Crippen LogP contribution in [0.3, 0.4) is 0 Å². The minimum absolute atomic E-state index is 0.0269. The maximum atomic E-state index is 13.7. The molecule has 0 spiro atoms. The molecule has 1 amide bonds. The normalized spacial score (nSPS) is 15.8. The van der Waals surface area contributed by atoms with Gasteiger partial charge >= 0.3 is 0 Å². The van der Waals surface area contributed by atoms with E-state index in [1.165, 1.54) is 11.1 Å². The number of halogens is 2. The molecule has 1 unspecified atom stereocenters. The molecule has 0 radical (unpaired) electrons. The Bertz CT molecular complexity index is 1450. The average molecular weight is 524 g/mol. The monoisotopic (exact) mass is 522 g/mol. The molecule has 0 saturated carbocycles. The van der Waals surface area contributed by atoms with Crippen molar-refractivity contribution in [3.63, 3.8) is 0 Å². The zero-order valence-electron chi connectivity index (χ0n) is 18.2. The number of amides is 1. The lowest BCUT2D eigenvalue weighted by molar-refractivity contribution is 0.0970. The third-order valence-corrected chi connectivity index (χ3v) is 6.60. The molecule has 33 heavy (non-hydrogen) atoms. The highest BCUT2D eigenvalue weighted by Crippen LogP contribution is 2.41. The number of rotatable bonds is 2. The molecular weight excluding hydrogens is 504 g/mol. The summed E-state index contributed by atoms with van der Waals surface area (Å²) in [6.45, 7) is 6.41. The van der Waals surface area contributed by atoms with E-state index in [9.17, 15) is 9.59 Å². The molecule has 0 fully saturated rings. The molecule has 1 aliphatic heterocycles. The van der Waals surface area contributed by atoms with Crippen LogP contribution in [0.25, 0.3) is 11.0 Å². The number of anilines is 1. The average Bonchev–Trinajstić information content (AvgIpc) is 3.07. The highest BCUT2D eigenvalue weighted by molar-refractivity contribution is 9.10. The van der Waals surface area contributed by atoms with Crippen LogP contribution in [0.5, 0.6) is 0 Å². The first-order valence-electron chi connectivity index (χ1n) is 10.5. The summed E-state index contributed by atoms with van der Waals surface area (Å²) in [6, 6.07) is 15.8. The van der Waals surface area contributed by atoms with Gasteiger partial charge in [-0.15, -0.1) is 0 Å². The highest BCUT2D eigenvalue weighted by Gasteiger charge is 2.44. The number of nitrogens with zero attached hydrogens (tertiary/aromatic N) is 2. The van der Waals surface area contributed by atoms with Gasteiger partial charge in [0.05, 0.1) is 22.0 Å². The van der Waals surface area contributed by atoms with Gasteiger partial charge in [-0.2, -0.15) is 0 Å². The quantitative estimate of drug-likeness (QED) is 0.295. The molecule has 1 aliphatic rings. The van der Waals surface area contributed by atoms with Gasteiger partial charge in [-0.3, -0.25) is 14.5 Å². The molecule has 2 aromatic heterocycles. The lowest BCUT2D eigenvalue weighted by Gasteiger charge is -2.25. The largest absolute Gasteiger partial charge is 0.450 e. The molecule has 1 atom stereocenters. The zero-order chi connectivity index (χ0) is 23.5. The van der Waals surface area contributed by atoms with E-state index in [2.05, 4.69) is 41.7 Å². The Morgan fingerprint density at radius 3 is 2.39 bits per heavy atom. The van der Waals surface area contributed by atoms with Gasteiger partial charge in [0.15, 0.2) is 5.43 Å². The molecule has 7 heteroatoms. The van der Waals surface area contributed by atoms with Crippen LogP contribution in [0.1, 0.15) is 54.1 Å². The second-order valence-electron chi connectivity index (χ2n) is 9.10. The maximum absolute atomic E-state index is 13.7. The molecule has 5 nitrogen and oxygen atoms in total. The minimum Gasteiger partial charge on any atom is -0.450 e. The van der Waals surface area contributed by atoms with Crippen LogP contribution in [0.15, 0.2) is 74.5 Å². The van der Waals surface area contributed by atoms with Crippen LogP contribution in [-0.4, -0.2) is 10.9 Å². The molecule has 5 rings (SSSR count). The number of hydrogen-bond acceptors (Lipinski definition) is 4. The Labute approximate surface area is 204 Å². The topological polar surface area (TPSA) is 63.4 Å². The van der Waals surface area contributed by atoms with Crippen molar-refractivity contribution in [3.8, 4) is 0 Å². The van der Waals surface area contributed by atoms with Gasteiger partial charge in [-0.05, 0) is 46.9 Å². The van der Waals surface area contributed by atoms with E-state index in [1.807, 2.05) is 24.3 Å². The van der Waals surface area contributed by atoms with E-state index < -0.39 is 11.9 Å². The Kier molecular flexibility index (Phi) is 5.18. The molecular formula is C26H20BrClN2O3.